The van der Waals surface area contributed by atoms with Crippen molar-refractivity contribution in [3.8, 4) is 56.4 Å². The lowest BCUT2D eigenvalue weighted by Gasteiger charge is -2.11. The van der Waals surface area contributed by atoms with Crippen LogP contribution in [0.2, 0.25) is 0 Å². The fourth-order valence-corrected chi connectivity index (χ4v) is 7.31. The number of rotatable bonds is 5. The molecule has 10 rings (SSSR count). The van der Waals surface area contributed by atoms with Crippen LogP contribution < -0.4 is 0 Å². The van der Waals surface area contributed by atoms with Crippen LogP contribution >= 0.6 is 11.3 Å². The maximum absolute atomic E-state index is 9.41. The van der Waals surface area contributed by atoms with Crippen molar-refractivity contribution < 1.29 is 19.5 Å². The normalized spacial score (nSPS) is 14.7. The summed E-state index contributed by atoms with van der Waals surface area (Å²) in [6.45, 7) is 0. The van der Waals surface area contributed by atoms with Crippen molar-refractivity contribution in [2.24, 2.45) is 0 Å². The van der Waals surface area contributed by atoms with Crippen LogP contribution in [-0.4, -0.2) is 15.0 Å². The molecule has 0 saturated carbocycles. The molecule has 0 bridgehead atoms. The van der Waals surface area contributed by atoms with E-state index >= 15 is 0 Å². The molecule has 50 heavy (non-hydrogen) atoms. The van der Waals surface area contributed by atoms with Crippen molar-refractivity contribution in [1.82, 2.24) is 15.0 Å². The molecule has 0 amide bonds. The van der Waals surface area contributed by atoms with E-state index in [2.05, 4.69) is 0 Å². The van der Waals surface area contributed by atoms with Crippen molar-refractivity contribution in [3.63, 3.8) is 0 Å². The van der Waals surface area contributed by atoms with Crippen molar-refractivity contribution >= 4 is 53.4 Å². The van der Waals surface area contributed by atoms with Crippen LogP contribution in [0.3, 0.4) is 0 Å². The van der Waals surface area contributed by atoms with Crippen molar-refractivity contribution in [1.29, 1.82) is 0 Å². The van der Waals surface area contributed by atoms with Gasteiger partial charge in [-0.3, -0.25) is 0 Å². The fraction of sp³-hybridized carbons (Fsp3) is 0. The number of hydrogen-bond acceptors (Lipinski definition) is 5. The summed E-state index contributed by atoms with van der Waals surface area (Å²) in [6, 6.07) is 24.6. The molecule has 3 heterocycles. The SMILES string of the molecule is [2H]c1c([2H])c([2H])c(-c2c([2H])c([2H])c([2H])c3sc4c([2H])c([2H])c([2H])c(-c5nc(-c6ccc(-c7ccccc7)cc6)nc(-c6ccc7c(c6)oc6ccccc67)n5)c4c23)c([2H])c1[2H]. The summed E-state index contributed by atoms with van der Waals surface area (Å²) in [5.74, 6) is 0.310. The van der Waals surface area contributed by atoms with Crippen molar-refractivity contribution in [3.05, 3.63) is 164 Å². The minimum Gasteiger partial charge on any atom is -0.456 e. The minimum absolute atomic E-state index is 0.0148. The number of para-hydroxylation sites is 1. The van der Waals surface area contributed by atoms with E-state index in [9.17, 15) is 1.37 Å². The molecule has 7 aromatic carbocycles. The smallest absolute Gasteiger partial charge is 0.164 e. The van der Waals surface area contributed by atoms with E-state index in [1.807, 2.05) is 97.1 Å². The summed E-state index contributed by atoms with van der Waals surface area (Å²) < 4.78 is 104. The van der Waals surface area contributed by atoms with Gasteiger partial charge in [0.25, 0.3) is 0 Å². The van der Waals surface area contributed by atoms with Gasteiger partial charge in [-0.15, -0.1) is 11.3 Å². The zero-order chi connectivity index (χ0) is 42.6. The van der Waals surface area contributed by atoms with E-state index in [0.717, 1.165) is 33.2 Å². The minimum atomic E-state index is -0.660. The van der Waals surface area contributed by atoms with E-state index < -0.39 is 60.4 Å². The first-order chi connectivity index (χ1) is 29.3. The van der Waals surface area contributed by atoms with Crippen molar-refractivity contribution in [2.75, 3.05) is 0 Å². The van der Waals surface area contributed by atoms with Gasteiger partial charge in [0.05, 0.1) is 15.1 Å². The van der Waals surface area contributed by atoms with Gasteiger partial charge >= 0.3 is 0 Å². The summed E-state index contributed by atoms with van der Waals surface area (Å²) >= 11 is 0.887. The third kappa shape index (κ3) is 4.79. The molecule has 0 aliphatic rings. The van der Waals surface area contributed by atoms with Gasteiger partial charge in [0.15, 0.2) is 17.5 Å². The molecule has 0 N–H and O–H groups in total. The molecule has 5 heteroatoms. The van der Waals surface area contributed by atoms with Crippen LogP contribution in [0.25, 0.3) is 98.5 Å². The second-order valence-electron chi connectivity index (χ2n) is 11.6. The van der Waals surface area contributed by atoms with E-state index in [1.54, 1.807) is 0 Å². The summed E-state index contributed by atoms with van der Waals surface area (Å²) in [4.78, 5) is 14.7. The molecule has 0 spiro atoms. The van der Waals surface area contributed by atoms with E-state index in [-0.39, 0.29) is 60.4 Å². The maximum atomic E-state index is 9.41. The number of hydrogen-bond donors (Lipinski definition) is 0. The standard InChI is InChI=1S/C45H27N3OS/c1-3-11-28(12-4-1)29-21-23-31(24-22-29)43-46-44(32-25-26-35-34-15-7-8-18-37(34)49-38(35)27-32)48-45(47-43)36-17-10-20-40-42(36)41-33(16-9-19-39(41)50-40)30-13-5-2-6-14-30/h1-27H/i2D,5D,6D,9D,10D,13D,14D,16D,17D,19D,20D. The Bertz CT molecular complexity index is 3470. The first-order valence-corrected chi connectivity index (χ1v) is 16.5. The van der Waals surface area contributed by atoms with Crippen LogP contribution in [0, 0.1) is 0 Å². The third-order valence-electron chi connectivity index (χ3n) is 8.63. The predicted octanol–water partition coefficient (Wildman–Crippen LogP) is 12.5. The number of aromatic nitrogens is 3. The summed E-state index contributed by atoms with van der Waals surface area (Å²) in [5, 5.41) is 1.89. The Hall–Kier alpha value is -6.43. The van der Waals surface area contributed by atoms with Crippen LogP contribution in [0.4, 0.5) is 0 Å². The number of furan rings is 1. The van der Waals surface area contributed by atoms with Gasteiger partial charge in [-0.25, -0.2) is 15.0 Å². The Morgan fingerprint density at radius 1 is 0.440 bits per heavy atom. The molecule has 0 aliphatic heterocycles. The maximum Gasteiger partial charge on any atom is 0.164 e. The number of fused-ring (bicyclic) bond motifs is 6. The largest absolute Gasteiger partial charge is 0.456 e. The molecule has 0 radical (unpaired) electrons. The Kier molecular flexibility index (Phi) is 4.54. The predicted molar refractivity (Wildman–Crippen MR) is 207 cm³/mol. The first kappa shape index (κ1) is 19.5. The summed E-state index contributed by atoms with van der Waals surface area (Å²) in [7, 11) is 0. The Labute approximate surface area is 307 Å². The quantitative estimate of drug-likeness (QED) is 0.183. The third-order valence-corrected chi connectivity index (χ3v) is 9.65. The van der Waals surface area contributed by atoms with Crippen LogP contribution in [-0.2, 0) is 0 Å². The molecular formula is C45H27N3OS. The van der Waals surface area contributed by atoms with Crippen LogP contribution in [0.5, 0.6) is 0 Å². The van der Waals surface area contributed by atoms with Gasteiger partial charge in [0.2, 0.25) is 0 Å². The fourth-order valence-electron chi connectivity index (χ4n) is 6.29. The van der Waals surface area contributed by atoms with Gasteiger partial charge in [-0.05, 0) is 52.5 Å². The molecule has 4 nitrogen and oxygen atoms in total. The summed E-state index contributed by atoms with van der Waals surface area (Å²) in [6.07, 6.45) is 0. The average Bonchev–Trinajstić information content (AvgIpc) is 3.86. The highest BCUT2D eigenvalue weighted by molar-refractivity contribution is 7.26. The number of nitrogens with zero attached hydrogens (tertiary/aromatic N) is 3. The van der Waals surface area contributed by atoms with Crippen LogP contribution in [0.1, 0.15) is 15.1 Å². The first-order valence-electron chi connectivity index (χ1n) is 21.2. The highest BCUT2D eigenvalue weighted by Crippen LogP contribution is 2.44. The number of benzene rings is 7. The zero-order valence-electron chi connectivity index (χ0n) is 36.9. The lowest BCUT2D eigenvalue weighted by Crippen LogP contribution is -2.00. The molecule has 0 aliphatic carbocycles. The lowest BCUT2D eigenvalue weighted by atomic mass is 9.97. The van der Waals surface area contributed by atoms with E-state index in [1.165, 1.54) is 0 Å². The summed E-state index contributed by atoms with van der Waals surface area (Å²) in [5.41, 5.74) is 3.70. The van der Waals surface area contributed by atoms with Crippen molar-refractivity contribution in [2.45, 2.75) is 0 Å². The monoisotopic (exact) mass is 668 g/mol. The molecule has 234 valence electrons. The molecule has 0 atom stereocenters. The topological polar surface area (TPSA) is 51.8 Å². The molecule has 10 aromatic rings. The molecule has 0 fully saturated rings. The van der Waals surface area contributed by atoms with Crippen LogP contribution in [0.15, 0.2) is 168 Å². The Morgan fingerprint density at radius 3 is 1.84 bits per heavy atom. The van der Waals surface area contributed by atoms with Gasteiger partial charge < -0.3 is 4.42 Å². The Balaban J connectivity index is 1.31. The molecular weight excluding hydrogens is 631 g/mol. The van der Waals surface area contributed by atoms with E-state index in [0.29, 0.717) is 22.3 Å². The number of thiophene rings is 1. The Morgan fingerprint density at radius 2 is 1.04 bits per heavy atom. The van der Waals surface area contributed by atoms with Gasteiger partial charge in [-0.1, -0.05) is 133 Å². The molecule has 0 unspecified atom stereocenters. The average molecular weight is 669 g/mol. The van der Waals surface area contributed by atoms with Gasteiger partial charge in [0.1, 0.15) is 11.2 Å². The van der Waals surface area contributed by atoms with E-state index in [4.69, 9.17) is 33.1 Å². The second kappa shape index (κ2) is 11.6. The van der Waals surface area contributed by atoms with Gasteiger partial charge in [-0.2, -0.15) is 0 Å². The molecule has 0 saturated heterocycles. The highest BCUT2D eigenvalue weighted by atomic mass is 32.1. The lowest BCUT2D eigenvalue weighted by molar-refractivity contribution is 0.669. The van der Waals surface area contributed by atoms with Gasteiger partial charge in [0, 0.05) is 47.6 Å². The second-order valence-corrected chi connectivity index (χ2v) is 12.6. The zero-order valence-corrected chi connectivity index (χ0v) is 26.7. The molecule has 3 aromatic heterocycles. The highest BCUT2D eigenvalue weighted by Gasteiger charge is 2.19.